The minimum atomic E-state index is -0.457. The smallest absolute Gasteiger partial charge is 0.340 e. The molecule has 1 aromatic carbocycles. The summed E-state index contributed by atoms with van der Waals surface area (Å²) in [6.07, 6.45) is 1.70. The maximum Gasteiger partial charge on any atom is 0.340 e. The largest absolute Gasteiger partial charge is 0.503 e. The molecule has 0 aliphatic heterocycles. The summed E-state index contributed by atoms with van der Waals surface area (Å²) in [5.74, 6) is -0.724. The molecule has 0 aliphatic rings. The first-order valence-corrected chi connectivity index (χ1v) is 8.60. The molecule has 9 nitrogen and oxygen atoms in total. The molecule has 0 saturated carbocycles. The molecule has 28 heavy (non-hydrogen) atoms. The van der Waals surface area contributed by atoms with E-state index >= 15 is 0 Å². The van der Waals surface area contributed by atoms with E-state index in [1.807, 2.05) is 0 Å². The third kappa shape index (κ3) is 3.79. The maximum atomic E-state index is 11.9. The standard InChI is InChI=1S/C19H21N5O4/c1-12-8-17(25)18(26)16(23(12)2)10-20-9-13-11-24(22-21-13)15-7-5-4-6-14(15)19(27)28-3/h4-8,11,20,26H,9-10H2,1-3H3. The van der Waals surface area contributed by atoms with E-state index in [0.29, 0.717) is 29.2 Å². The van der Waals surface area contributed by atoms with Gasteiger partial charge in [0, 0.05) is 31.9 Å². The van der Waals surface area contributed by atoms with Crippen molar-refractivity contribution in [3.05, 3.63) is 69.4 Å². The van der Waals surface area contributed by atoms with Gasteiger partial charge in [-0.3, -0.25) is 4.79 Å². The zero-order chi connectivity index (χ0) is 20.3. The summed E-state index contributed by atoms with van der Waals surface area (Å²) in [7, 11) is 3.11. The number of nitrogens with one attached hydrogen (secondary N) is 1. The van der Waals surface area contributed by atoms with E-state index in [1.54, 1.807) is 49.0 Å². The van der Waals surface area contributed by atoms with Crippen LogP contribution >= 0.6 is 0 Å². The molecule has 0 unspecified atom stereocenters. The highest BCUT2D eigenvalue weighted by molar-refractivity contribution is 5.93. The highest BCUT2D eigenvalue weighted by Gasteiger charge is 2.14. The number of hydrogen-bond donors (Lipinski definition) is 2. The Labute approximate surface area is 161 Å². The molecule has 0 spiro atoms. The quantitative estimate of drug-likeness (QED) is 0.612. The average Bonchev–Trinajstić information content (AvgIpc) is 3.17. The normalized spacial score (nSPS) is 10.8. The molecule has 146 valence electrons. The summed E-state index contributed by atoms with van der Waals surface area (Å²) < 4.78 is 8.06. The van der Waals surface area contributed by atoms with Gasteiger partial charge in [-0.15, -0.1) is 5.10 Å². The molecular weight excluding hydrogens is 362 g/mol. The fraction of sp³-hybridized carbons (Fsp3) is 0.263. The molecule has 2 N–H and O–H groups in total. The molecule has 0 aliphatic carbocycles. The molecule has 0 fully saturated rings. The summed E-state index contributed by atoms with van der Waals surface area (Å²) >= 11 is 0. The van der Waals surface area contributed by atoms with E-state index in [4.69, 9.17) is 4.74 Å². The second kappa shape index (κ2) is 8.05. The number of aryl methyl sites for hydroxylation is 1. The number of esters is 1. The minimum absolute atomic E-state index is 0.267. The van der Waals surface area contributed by atoms with E-state index in [9.17, 15) is 14.7 Å². The van der Waals surface area contributed by atoms with E-state index in [1.165, 1.54) is 17.9 Å². The summed E-state index contributed by atoms with van der Waals surface area (Å²) in [5, 5.41) is 21.3. The van der Waals surface area contributed by atoms with Gasteiger partial charge in [-0.05, 0) is 19.1 Å². The number of aromatic hydroxyl groups is 1. The summed E-state index contributed by atoms with van der Waals surface area (Å²) in [6, 6.07) is 8.33. The van der Waals surface area contributed by atoms with Crippen molar-refractivity contribution in [3.63, 3.8) is 0 Å². The van der Waals surface area contributed by atoms with Gasteiger partial charge < -0.3 is 19.7 Å². The zero-order valence-corrected chi connectivity index (χ0v) is 15.8. The Morgan fingerprint density at radius 3 is 2.79 bits per heavy atom. The number of pyridine rings is 1. The molecule has 0 bridgehead atoms. The number of carbonyl (C=O) groups excluding carboxylic acids is 1. The van der Waals surface area contributed by atoms with Crippen molar-refractivity contribution in [1.82, 2.24) is 24.9 Å². The van der Waals surface area contributed by atoms with Crippen LogP contribution in [0.2, 0.25) is 0 Å². The van der Waals surface area contributed by atoms with Crippen LogP contribution in [0.5, 0.6) is 5.75 Å². The van der Waals surface area contributed by atoms with E-state index < -0.39 is 11.4 Å². The lowest BCUT2D eigenvalue weighted by Gasteiger charge is -2.13. The third-order valence-corrected chi connectivity index (χ3v) is 4.48. The fourth-order valence-corrected chi connectivity index (χ4v) is 2.83. The lowest BCUT2D eigenvalue weighted by Crippen LogP contribution is -2.20. The highest BCUT2D eigenvalue weighted by Crippen LogP contribution is 2.15. The Morgan fingerprint density at radius 1 is 1.29 bits per heavy atom. The fourth-order valence-electron chi connectivity index (χ4n) is 2.83. The number of rotatable bonds is 6. The maximum absolute atomic E-state index is 11.9. The Balaban J connectivity index is 1.74. The summed E-state index contributed by atoms with van der Waals surface area (Å²) in [5.41, 5.74) is 2.42. The van der Waals surface area contributed by atoms with Crippen LogP contribution in [0.4, 0.5) is 0 Å². The molecule has 0 radical (unpaired) electrons. The van der Waals surface area contributed by atoms with Gasteiger partial charge in [0.2, 0.25) is 5.43 Å². The number of aromatic nitrogens is 4. The monoisotopic (exact) mass is 383 g/mol. The van der Waals surface area contributed by atoms with Gasteiger partial charge in [0.25, 0.3) is 0 Å². The first-order valence-electron chi connectivity index (χ1n) is 8.60. The molecule has 3 rings (SSSR count). The number of hydrogen-bond acceptors (Lipinski definition) is 7. The van der Waals surface area contributed by atoms with Crippen LogP contribution in [0, 0.1) is 6.92 Å². The van der Waals surface area contributed by atoms with Crippen molar-refractivity contribution in [1.29, 1.82) is 0 Å². The number of carbonyl (C=O) groups is 1. The summed E-state index contributed by atoms with van der Waals surface area (Å²) in [4.78, 5) is 23.7. The molecule has 0 saturated heterocycles. The number of benzene rings is 1. The van der Waals surface area contributed by atoms with Gasteiger partial charge in [-0.25, -0.2) is 9.48 Å². The molecule has 0 amide bonds. The molecule has 3 aromatic rings. The van der Waals surface area contributed by atoms with Gasteiger partial charge in [-0.1, -0.05) is 17.3 Å². The van der Waals surface area contributed by atoms with E-state index in [2.05, 4.69) is 15.6 Å². The lowest BCUT2D eigenvalue weighted by atomic mass is 10.2. The first kappa shape index (κ1) is 19.3. The van der Waals surface area contributed by atoms with Crippen LogP contribution in [0.1, 0.15) is 27.4 Å². The first-order chi connectivity index (χ1) is 13.4. The lowest BCUT2D eigenvalue weighted by molar-refractivity contribution is 0.0600. The van der Waals surface area contributed by atoms with Crippen LogP contribution < -0.4 is 10.7 Å². The number of nitrogens with zero attached hydrogens (tertiary/aromatic N) is 4. The predicted molar refractivity (Wildman–Crippen MR) is 101 cm³/mol. The number of methoxy groups -OCH3 is 1. The number of ether oxygens (including phenoxy) is 1. The second-order valence-corrected chi connectivity index (χ2v) is 6.27. The average molecular weight is 383 g/mol. The van der Waals surface area contributed by atoms with Gasteiger partial charge >= 0.3 is 5.97 Å². The summed E-state index contributed by atoms with van der Waals surface area (Å²) in [6.45, 7) is 2.45. The van der Waals surface area contributed by atoms with Crippen LogP contribution in [0.25, 0.3) is 5.69 Å². The molecule has 2 heterocycles. The van der Waals surface area contributed by atoms with Crippen molar-refractivity contribution in [2.75, 3.05) is 7.11 Å². The zero-order valence-electron chi connectivity index (χ0n) is 15.8. The molecule has 2 aromatic heterocycles. The predicted octanol–water partition coefficient (Wildman–Crippen LogP) is 1.06. The van der Waals surface area contributed by atoms with Gasteiger partial charge in [0.15, 0.2) is 5.75 Å². The van der Waals surface area contributed by atoms with Crippen molar-refractivity contribution in [3.8, 4) is 11.4 Å². The van der Waals surface area contributed by atoms with Crippen molar-refractivity contribution in [2.24, 2.45) is 7.05 Å². The van der Waals surface area contributed by atoms with E-state index in [0.717, 1.165) is 5.69 Å². The minimum Gasteiger partial charge on any atom is -0.503 e. The molecule has 9 heteroatoms. The van der Waals surface area contributed by atoms with E-state index in [-0.39, 0.29) is 12.3 Å². The van der Waals surface area contributed by atoms with Gasteiger partial charge in [0.05, 0.1) is 35.9 Å². The van der Waals surface area contributed by atoms with Crippen LogP contribution in [0.3, 0.4) is 0 Å². The Bertz CT molecular complexity index is 1070. The van der Waals surface area contributed by atoms with Crippen LogP contribution in [0.15, 0.2) is 41.3 Å². The topological polar surface area (TPSA) is 111 Å². The van der Waals surface area contributed by atoms with Gasteiger partial charge in [0.1, 0.15) is 0 Å². The van der Waals surface area contributed by atoms with Crippen LogP contribution in [-0.2, 0) is 24.9 Å². The number of para-hydroxylation sites is 1. The second-order valence-electron chi connectivity index (χ2n) is 6.27. The van der Waals surface area contributed by atoms with Crippen molar-refractivity contribution in [2.45, 2.75) is 20.0 Å². The molecular formula is C19H21N5O4. The third-order valence-electron chi connectivity index (χ3n) is 4.48. The van der Waals surface area contributed by atoms with Crippen LogP contribution in [-0.4, -0.2) is 37.7 Å². The Morgan fingerprint density at radius 2 is 2.04 bits per heavy atom. The van der Waals surface area contributed by atoms with Crippen molar-refractivity contribution < 1.29 is 14.6 Å². The highest BCUT2D eigenvalue weighted by atomic mass is 16.5. The van der Waals surface area contributed by atoms with Crippen molar-refractivity contribution >= 4 is 5.97 Å². The molecule has 0 atom stereocenters. The van der Waals surface area contributed by atoms with Gasteiger partial charge in [-0.2, -0.15) is 0 Å². The SMILES string of the molecule is COC(=O)c1ccccc1-n1cc(CNCc2c(O)c(=O)cc(C)n2C)nn1. The Hall–Kier alpha value is -3.46. The Kier molecular flexibility index (Phi) is 5.55.